The minimum Gasteiger partial charge on any atom is -0.400 e. The number of unbranched alkanes of at least 4 members (excludes halogenated alkanes) is 2. The molecule has 1 fully saturated rings. The molecule has 1 aliphatic rings. The summed E-state index contributed by atoms with van der Waals surface area (Å²) < 4.78 is 0. The number of aliphatic hydroxyl groups excluding tert-OH is 2. The van der Waals surface area contributed by atoms with E-state index < -0.39 is 0 Å². The highest BCUT2D eigenvalue weighted by Gasteiger charge is 2.25. The van der Waals surface area contributed by atoms with Gasteiger partial charge < -0.3 is 10.2 Å². The van der Waals surface area contributed by atoms with Crippen molar-refractivity contribution in [1.29, 1.82) is 0 Å². The van der Waals surface area contributed by atoms with Crippen LogP contribution in [-0.4, -0.2) is 23.9 Å². The maximum atomic E-state index is 9.08. The molecule has 0 bridgehead atoms. The van der Waals surface area contributed by atoms with Crippen molar-refractivity contribution in [2.24, 2.45) is 11.8 Å². The van der Waals surface area contributed by atoms with Crippen molar-refractivity contribution in [2.75, 3.05) is 13.7 Å². The number of aryl methyl sites for hydroxylation is 1. The van der Waals surface area contributed by atoms with Gasteiger partial charge in [-0.3, -0.25) is 0 Å². The Morgan fingerprint density at radius 1 is 0.905 bits per heavy atom. The average molecular weight is 292 g/mol. The van der Waals surface area contributed by atoms with Gasteiger partial charge in [0.1, 0.15) is 0 Å². The zero-order chi connectivity index (χ0) is 15.3. The van der Waals surface area contributed by atoms with E-state index in [4.69, 9.17) is 10.2 Å². The number of benzene rings is 1. The van der Waals surface area contributed by atoms with Crippen molar-refractivity contribution in [3.63, 3.8) is 0 Å². The second-order valence-electron chi connectivity index (χ2n) is 6.05. The fourth-order valence-corrected chi connectivity index (χ4v) is 3.60. The smallest absolute Gasteiger partial charge is 0.0433 e. The molecule has 2 heteroatoms. The fourth-order valence-electron chi connectivity index (χ4n) is 3.60. The molecule has 120 valence electrons. The summed E-state index contributed by atoms with van der Waals surface area (Å²) in [6.45, 7) is 0.384. The third kappa shape index (κ3) is 7.10. The zero-order valence-electron chi connectivity index (χ0n) is 13.5. The third-order valence-electron chi connectivity index (χ3n) is 4.70. The molecule has 0 aliphatic heterocycles. The Morgan fingerprint density at radius 3 is 2.24 bits per heavy atom. The fraction of sp³-hybridized carbons (Fsp3) is 0.684. The predicted octanol–water partition coefficient (Wildman–Crippen LogP) is 4.20. The molecule has 0 aromatic heterocycles. The molecule has 0 unspecified atom stereocenters. The van der Waals surface area contributed by atoms with E-state index in [1.165, 1.54) is 56.9 Å². The summed E-state index contributed by atoms with van der Waals surface area (Å²) in [5, 5.41) is 16.1. The van der Waals surface area contributed by atoms with Crippen LogP contribution in [0.1, 0.15) is 56.9 Å². The molecule has 1 saturated carbocycles. The Hall–Kier alpha value is -0.860. The van der Waals surface area contributed by atoms with Gasteiger partial charge in [0.2, 0.25) is 0 Å². The lowest BCUT2D eigenvalue weighted by molar-refractivity contribution is 0.228. The SMILES string of the molecule is CO.OCC[C@H]1CCC[C@@H]1CCCCCc1ccccc1. The van der Waals surface area contributed by atoms with Gasteiger partial charge in [-0.2, -0.15) is 0 Å². The molecule has 0 amide bonds. The molecule has 0 heterocycles. The maximum Gasteiger partial charge on any atom is 0.0433 e. The highest BCUT2D eigenvalue weighted by molar-refractivity contribution is 5.14. The first kappa shape index (κ1) is 18.2. The molecule has 21 heavy (non-hydrogen) atoms. The molecular weight excluding hydrogens is 260 g/mol. The molecular formula is C19H32O2. The van der Waals surface area contributed by atoms with E-state index in [0.717, 1.165) is 25.4 Å². The molecule has 0 saturated heterocycles. The van der Waals surface area contributed by atoms with E-state index in [9.17, 15) is 0 Å². The van der Waals surface area contributed by atoms with Crippen LogP contribution >= 0.6 is 0 Å². The van der Waals surface area contributed by atoms with Crippen LogP contribution in [0.15, 0.2) is 30.3 Å². The molecule has 1 aromatic carbocycles. The second kappa shape index (κ2) is 11.8. The van der Waals surface area contributed by atoms with Gasteiger partial charge in [-0.15, -0.1) is 0 Å². The van der Waals surface area contributed by atoms with Gasteiger partial charge in [0.05, 0.1) is 0 Å². The monoisotopic (exact) mass is 292 g/mol. The van der Waals surface area contributed by atoms with Crippen molar-refractivity contribution in [2.45, 2.75) is 57.8 Å². The van der Waals surface area contributed by atoms with Crippen molar-refractivity contribution in [3.8, 4) is 0 Å². The van der Waals surface area contributed by atoms with Crippen LogP contribution in [0.4, 0.5) is 0 Å². The van der Waals surface area contributed by atoms with Crippen molar-refractivity contribution < 1.29 is 10.2 Å². The summed E-state index contributed by atoms with van der Waals surface area (Å²) in [6, 6.07) is 10.8. The lowest BCUT2D eigenvalue weighted by Crippen LogP contribution is -2.09. The largest absolute Gasteiger partial charge is 0.400 e. The van der Waals surface area contributed by atoms with Gasteiger partial charge in [-0.05, 0) is 36.7 Å². The van der Waals surface area contributed by atoms with Gasteiger partial charge in [0.25, 0.3) is 0 Å². The molecule has 2 N–H and O–H groups in total. The molecule has 0 spiro atoms. The van der Waals surface area contributed by atoms with E-state index in [1.807, 2.05) is 0 Å². The van der Waals surface area contributed by atoms with Crippen molar-refractivity contribution in [1.82, 2.24) is 0 Å². The third-order valence-corrected chi connectivity index (χ3v) is 4.70. The first-order valence-corrected chi connectivity index (χ1v) is 8.49. The summed E-state index contributed by atoms with van der Waals surface area (Å²) in [6.07, 6.45) is 11.9. The molecule has 2 nitrogen and oxygen atoms in total. The van der Waals surface area contributed by atoms with Crippen LogP contribution in [0.3, 0.4) is 0 Å². The Labute approximate surface area is 130 Å². The van der Waals surface area contributed by atoms with E-state index in [2.05, 4.69) is 30.3 Å². The first-order valence-electron chi connectivity index (χ1n) is 8.49. The lowest BCUT2D eigenvalue weighted by atomic mass is 9.88. The summed E-state index contributed by atoms with van der Waals surface area (Å²) in [5.74, 6) is 1.72. The van der Waals surface area contributed by atoms with Crippen molar-refractivity contribution >= 4 is 0 Å². The van der Waals surface area contributed by atoms with E-state index in [1.54, 1.807) is 0 Å². The lowest BCUT2D eigenvalue weighted by Gasteiger charge is -2.18. The Balaban J connectivity index is 0.00000106. The van der Waals surface area contributed by atoms with Crippen molar-refractivity contribution in [3.05, 3.63) is 35.9 Å². The molecule has 0 radical (unpaired) electrons. The standard InChI is InChI=1S/C18H28O.CH4O/c19-15-14-18-13-7-12-17(18)11-6-2-5-10-16-8-3-1-4-9-16;1-2/h1,3-4,8-9,17-19H,2,5-7,10-15H2;2H,1H3/t17-,18+;/m0./s1. The average Bonchev–Trinajstić information content (AvgIpc) is 2.98. The quantitative estimate of drug-likeness (QED) is 0.705. The van der Waals surface area contributed by atoms with Crippen LogP contribution < -0.4 is 0 Å². The van der Waals surface area contributed by atoms with Crippen LogP contribution in [0, 0.1) is 11.8 Å². The zero-order valence-corrected chi connectivity index (χ0v) is 13.5. The summed E-state index contributed by atoms with van der Waals surface area (Å²) in [5.41, 5.74) is 1.47. The Kier molecular flexibility index (Phi) is 10.2. The topological polar surface area (TPSA) is 40.5 Å². The second-order valence-corrected chi connectivity index (χ2v) is 6.05. The van der Waals surface area contributed by atoms with Gasteiger partial charge in [0, 0.05) is 13.7 Å². The summed E-state index contributed by atoms with van der Waals surface area (Å²) in [4.78, 5) is 0. The van der Waals surface area contributed by atoms with Gasteiger partial charge in [-0.1, -0.05) is 68.9 Å². The number of rotatable bonds is 8. The van der Waals surface area contributed by atoms with E-state index in [0.29, 0.717) is 6.61 Å². The highest BCUT2D eigenvalue weighted by Crippen LogP contribution is 2.37. The maximum absolute atomic E-state index is 9.08. The number of hydrogen-bond donors (Lipinski definition) is 2. The van der Waals surface area contributed by atoms with Gasteiger partial charge >= 0.3 is 0 Å². The van der Waals surface area contributed by atoms with Gasteiger partial charge in [0.15, 0.2) is 0 Å². The van der Waals surface area contributed by atoms with Gasteiger partial charge in [-0.25, -0.2) is 0 Å². The molecule has 2 rings (SSSR count). The molecule has 1 aliphatic carbocycles. The minimum atomic E-state index is 0.384. The molecule has 2 atom stereocenters. The highest BCUT2D eigenvalue weighted by atomic mass is 16.3. The van der Waals surface area contributed by atoms with E-state index in [-0.39, 0.29) is 0 Å². The normalized spacial score (nSPS) is 20.9. The summed E-state index contributed by atoms with van der Waals surface area (Å²) in [7, 11) is 1.00. The Morgan fingerprint density at radius 2 is 1.57 bits per heavy atom. The van der Waals surface area contributed by atoms with Crippen LogP contribution in [0.5, 0.6) is 0 Å². The minimum absolute atomic E-state index is 0.384. The first-order chi connectivity index (χ1) is 10.4. The Bertz CT molecular complexity index is 337. The van der Waals surface area contributed by atoms with Crippen LogP contribution in [0.25, 0.3) is 0 Å². The van der Waals surface area contributed by atoms with E-state index >= 15 is 0 Å². The summed E-state index contributed by atoms with van der Waals surface area (Å²) >= 11 is 0. The number of hydrogen-bond acceptors (Lipinski definition) is 2. The number of aliphatic hydroxyl groups is 2. The predicted molar refractivity (Wildman–Crippen MR) is 89.3 cm³/mol. The van der Waals surface area contributed by atoms with Crippen LogP contribution in [0.2, 0.25) is 0 Å². The van der Waals surface area contributed by atoms with Crippen LogP contribution in [-0.2, 0) is 6.42 Å². The molecule has 1 aromatic rings.